The van der Waals surface area contributed by atoms with Crippen LogP contribution in [0.5, 0.6) is 0 Å². The van der Waals surface area contributed by atoms with E-state index in [0.29, 0.717) is 11.7 Å². The predicted molar refractivity (Wildman–Crippen MR) is 51.1 cm³/mol. The standard InChI is InChI=1S/C7H9N5OS/c1-5-10-6(12-13-5)2-3-8-7-11-9-4-14-7/h4H,2-3H2,1H3,(H,8,11). The Labute approximate surface area is 84.4 Å². The van der Waals surface area contributed by atoms with Gasteiger partial charge in [0.05, 0.1) is 0 Å². The second-order valence-electron chi connectivity index (χ2n) is 2.65. The molecular weight excluding hydrogens is 202 g/mol. The van der Waals surface area contributed by atoms with Gasteiger partial charge in [-0.3, -0.25) is 0 Å². The van der Waals surface area contributed by atoms with Crippen LogP contribution >= 0.6 is 11.3 Å². The first kappa shape index (κ1) is 9.07. The zero-order valence-corrected chi connectivity index (χ0v) is 8.41. The Balaban J connectivity index is 1.78. The van der Waals surface area contributed by atoms with Crippen LogP contribution in [0.1, 0.15) is 11.7 Å². The van der Waals surface area contributed by atoms with Gasteiger partial charge < -0.3 is 9.84 Å². The fourth-order valence-electron chi connectivity index (χ4n) is 0.974. The van der Waals surface area contributed by atoms with Crippen LogP contribution in [0.2, 0.25) is 0 Å². The highest BCUT2D eigenvalue weighted by molar-refractivity contribution is 7.13. The van der Waals surface area contributed by atoms with Gasteiger partial charge in [-0.2, -0.15) is 4.98 Å². The number of hydrogen-bond donors (Lipinski definition) is 1. The Morgan fingerprint density at radius 3 is 3.14 bits per heavy atom. The Bertz CT molecular complexity index is 384. The molecule has 74 valence electrons. The summed E-state index contributed by atoms with van der Waals surface area (Å²) < 4.78 is 4.84. The number of nitrogens with one attached hydrogen (secondary N) is 1. The van der Waals surface area contributed by atoms with Crippen molar-refractivity contribution in [3.05, 3.63) is 17.2 Å². The Kier molecular flexibility index (Phi) is 2.68. The molecule has 0 saturated carbocycles. The maximum Gasteiger partial charge on any atom is 0.223 e. The lowest BCUT2D eigenvalue weighted by molar-refractivity contribution is 0.387. The molecule has 0 unspecified atom stereocenters. The third-order valence-corrected chi connectivity index (χ3v) is 2.20. The molecule has 6 nitrogen and oxygen atoms in total. The number of aryl methyl sites for hydroxylation is 1. The van der Waals surface area contributed by atoms with Crippen LogP contribution in [0.4, 0.5) is 5.13 Å². The molecule has 0 aliphatic heterocycles. The maximum absolute atomic E-state index is 4.84. The van der Waals surface area contributed by atoms with Gasteiger partial charge in [-0.1, -0.05) is 16.5 Å². The number of rotatable bonds is 4. The molecule has 2 heterocycles. The van der Waals surface area contributed by atoms with Gasteiger partial charge in [0.15, 0.2) is 5.82 Å². The molecule has 0 spiro atoms. The summed E-state index contributed by atoms with van der Waals surface area (Å²) in [4.78, 5) is 4.08. The van der Waals surface area contributed by atoms with Crippen molar-refractivity contribution >= 4 is 16.5 Å². The third kappa shape index (κ3) is 2.25. The molecule has 0 amide bonds. The van der Waals surface area contributed by atoms with E-state index in [1.807, 2.05) is 0 Å². The summed E-state index contributed by atoms with van der Waals surface area (Å²) in [5.41, 5.74) is 1.68. The largest absolute Gasteiger partial charge is 0.360 e. The fraction of sp³-hybridized carbons (Fsp3) is 0.429. The van der Waals surface area contributed by atoms with Crippen molar-refractivity contribution < 1.29 is 4.52 Å². The SMILES string of the molecule is Cc1nc(CCNc2nncs2)no1. The Morgan fingerprint density at radius 2 is 2.50 bits per heavy atom. The molecule has 0 bridgehead atoms. The minimum Gasteiger partial charge on any atom is -0.360 e. The van der Waals surface area contributed by atoms with E-state index < -0.39 is 0 Å². The van der Waals surface area contributed by atoms with Gasteiger partial charge in [0.25, 0.3) is 0 Å². The highest BCUT2D eigenvalue weighted by Gasteiger charge is 2.01. The van der Waals surface area contributed by atoms with E-state index in [-0.39, 0.29) is 0 Å². The van der Waals surface area contributed by atoms with E-state index in [2.05, 4.69) is 25.7 Å². The van der Waals surface area contributed by atoms with E-state index in [4.69, 9.17) is 4.52 Å². The van der Waals surface area contributed by atoms with Crippen LogP contribution in [0.15, 0.2) is 10.0 Å². The topological polar surface area (TPSA) is 76.7 Å². The van der Waals surface area contributed by atoms with Crippen LogP contribution in [0, 0.1) is 6.92 Å². The van der Waals surface area contributed by atoms with Gasteiger partial charge in [0, 0.05) is 19.9 Å². The Hall–Kier alpha value is -1.50. The van der Waals surface area contributed by atoms with Gasteiger partial charge in [-0.25, -0.2) is 0 Å². The highest BCUT2D eigenvalue weighted by atomic mass is 32.1. The first-order valence-electron chi connectivity index (χ1n) is 4.14. The predicted octanol–water partition coefficient (Wildman–Crippen LogP) is 0.884. The number of aromatic nitrogens is 4. The van der Waals surface area contributed by atoms with E-state index >= 15 is 0 Å². The molecule has 2 rings (SSSR count). The monoisotopic (exact) mass is 211 g/mol. The first-order chi connectivity index (χ1) is 6.84. The average molecular weight is 211 g/mol. The van der Waals surface area contributed by atoms with Crippen LogP contribution in [0.3, 0.4) is 0 Å². The zero-order chi connectivity index (χ0) is 9.80. The lowest BCUT2D eigenvalue weighted by atomic mass is 10.4. The molecule has 1 N–H and O–H groups in total. The van der Waals surface area contributed by atoms with E-state index in [1.165, 1.54) is 11.3 Å². The average Bonchev–Trinajstić information content (AvgIpc) is 2.77. The quantitative estimate of drug-likeness (QED) is 0.809. The van der Waals surface area contributed by atoms with Crippen LogP contribution in [-0.2, 0) is 6.42 Å². The van der Waals surface area contributed by atoms with Crippen molar-refractivity contribution in [3.63, 3.8) is 0 Å². The molecule has 0 atom stereocenters. The summed E-state index contributed by atoms with van der Waals surface area (Å²) in [6, 6.07) is 0. The molecule has 2 aromatic heterocycles. The minimum atomic E-state index is 0.593. The third-order valence-electron chi connectivity index (χ3n) is 1.55. The lowest BCUT2D eigenvalue weighted by Crippen LogP contribution is -2.05. The summed E-state index contributed by atoms with van der Waals surface area (Å²) in [6.45, 7) is 2.50. The summed E-state index contributed by atoms with van der Waals surface area (Å²) >= 11 is 1.47. The summed E-state index contributed by atoms with van der Waals surface area (Å²) in [5, 5.41) is 15.2. The first-order valence-corrected chi connectivity index (χ1v) is 5.02. The van der Waals surface area contributed by atoms with Crippen LogP contribution in [-0.4, -0.2) is 26.9 Å². The van der Waals surface area contributed by atoms with Crippen molar-refractivity contribution in [1.29, 1.82) is 0 Å². The van der Waals surface area contributed by atoms with E-state index in [1.54, 1.807) is 12.4 Å². The molecule has 14 heavy (non-hydrogen) atoms. The molecule has 0 aromatic carbocycles. The van der Waals surface area contributed by atoms with Gasteiger partial charge in [-0.15, -0.1) is 10.2 Å². The van der Waals surface area contributed by atoms with Crippen molar-refractivity contribution in [3.8, 4) is 0 Å². The van der Waals surface area contributed by atoms with Crippen LogP contribution < -0.4 is 5.32 Å². The Morgan fingerprint density at radius 1 is 1.57 bits per heavy atom. The van der Waals surface area contributed by atoms with Crippen molar-refractivity contribution in [2.45, 2.75) is 13.3 Å². The van der Waals surface area contributed by atoms with Crippen molar-refractivity contribution in [2.75, 3.05) is 11.9 Å². The smallest absolute Gasteiger partial charge is 0.223 e. The summed E-state index contributed by atoms with van der Waals surface area (Å²) in [7, 11) is 0. The molecule has 2 aromatic rings. The normalized spacial score (nSPS) is 10.4. The highest BCUT2D eigenvalue weighted by Crippen LogP contribution is 2.07. The second kappa shape index (κ2) is 4.14. The maximum atomic E-state index is 4.84. The summed E-state index contributed by atoms with van der Waals surface area (Å²) in [5.74, 6) is 1.30. The fourth-order valence-corrected chi connectivity index (χ4v) is 1.45. The molecule has 0 fully saturated rings. The number of anilines is 1. The van der Waals surface area contributed by atoms with Crippen LogP contribution in [0.25, 0.3) is 0 Å². The number of nitrogens with zero attached hydrogens (tertiary/aromatic N) is 4. The molecule has 0 radical (unpaired) electrons. The van der Waals surface area contributed by atoms with E-state index in [0.717, 1.165) is 18.1 Å². The lowest BCUT2D eigenvalue weighted by Gasteiger charge is -1.96. The van der Waals surface area contributed by atoms with Gasteiger partial charge in [0.1, 0.15) is 5.51 Å². The number of hydrogen-bond acceptors (Lipinski definition) is 7. The minimum absolute atomic E-state index is 0.593. The van der Waals surface area contributed by atoms with Gasteiger partial charge in [0.2, 0.25) is 11.0 Å². The molecule has 0 aliphatic carbocycles. The molecule has 0 aliphatic rings. The summed E-state index contributed by atoms with van der Waals surface area (Å²) in [6.07, 6.45) is 0.719. The molecule has 0 saturated heterocycles. The van der Waals surface area contributed by atoms with Crippen molar-refractivity contribution in [1.82, 2.24) is 20.3 Å². The van der Waals surface area contributed by atoms with Gasteiger partial charge >= 0.3 is 0 Å². The second-order valence-corrected chi connectivity index (χ2v) is 3.48. The zero-order valence-electron chi connectivity index (χ0n) is 7.60. The van der Waals surface area contributed by atoms with Gasteiger partial charge in [-0.05, 0) is 0 Å². The molecular formula is C7H9N5OS. The molecule has 7 heteroatoms. The van der Waals surface area contributed by atoms with Crippen molar-refractivity contribution in [2.24, 2.45) is 0 Å². The van der Waals surface area contributed by atoms with E-state index in [9.17, 15) is 0 Å².